The number of nitrogen functional groups attached to an aromatic ring is 2. The molecule has 242 valence electrons. The number of aromatic nitrogens is 8. The molecule has 7 heterocycles. The quantitative estimate of drug-likeness (QED) is 0.142. The molecule has 45 heavy (non-hydrogen) atoms. The second-order valence-corrected chi connectivity index (χ2v) is 15.7. The number of nitrogens with one attached hydrogen (secondary N) is 1. The Morgan fingerprint density at radius 1 is 0.956 bits per heavy atom. The lowest BCUT2D eigenvalue weighted by Gasteiger charge is -2.27. The van der Waals surface area contributed by atoms with Gasteiger partial charge < -0.3 is 30.4 Å². The van der Waals surface area contributed by atoms with Gasteiger partial charge in [-0.25, -0.2) is 33.3 Å². The molecule has 0 aromatic carbocycles. The van der Waals surface area contributed by atoms with Crippen LogP contribution in [0.1, 0.15) is 12.5 Å². The van der Waals surface area contributed by atoms with E-state index in [1.54, 1.807) is 0 Å². The Bertz CT molecular complexity index is 1950. The van der Waals surface area contributed by atoms with Crippen LogP contribution < -0.4 is 17.0 Å². The van der Waals surface area contributed by atoms with Crippen molar-refractivity contribution in [1.29, 1.82) is 0 Å². The van der Waals surface area contributed by atoms with Gasteiger partial charge in [-0.1, -0.05) is 12.2 Å². The van der Waals surface area contributed by atoms with E-state index in [0.29, 0.717) is 0 Å². The zero-order valence-corrected chi connectivity index (χ0v) is 25.8. The highest BCUT2D eigenvalue weighted by molar-refractivity contribution is 8.44. The number of nitrogens with zero attached hydrogens (tertiary/aromatic N) is 7. The number of alkyl halides is 2. The van der Waals surface area contributed by atoms with E-state index < -0.39 is 81.5 Å². The lowest BCUT2D eigenvalue weighted by molar-refractivity contribution is -0.0584. The lowest BCUT2D eigenvalue weighted by Crippen LogP contribution is -2.34. The van der Waals surface area contributed by atoms with E-state index in [2.05, 4.69) is 42.2 Å². The molecule has 6 N–H and O–H groups in total. The first kappa shape index (κ1) is 30.9. The summed E-state index contributed by atoms with van der Waals surface area (Å²) in [6.07, 6.45) is -9.81. The third-order valence-corrected chi connectivity index (χ3v) is 10.4. The first-order valence-electron chi connectivity index (χ1n) is 12.9. The van der Waals surface area contributed by atoms with E-state index in [1.807, 2.05) is 0 Å². The Hall–Kier alpha value is -2.69. The molecule has 0 amide bonds. The zero-order chi connectivity index (χ0) is 31.8. The molecule has 7 rings (SSSR count). The molecule has 25 heteroatoms. The van der Waals surface area contributed by atoms with Crippen molar-refractivity contribution >= 4 is 71.7 Å². The molecule has 2 bridgehead atoms. The van der Waals surface area contributed by atoms with Crippen molar-refractivity contribution in [2.24, 2.45) is 0 Å². The second-order valence-electron chi connectivity index (χ2n) is 10.0. The maximum atomic E-state index is 16.0. The normalized spacial score (nSPS) is 37.7. The van der Waals surface area contributed by atoms with Crippen molar-refractivity contribution in [1.82, 2.24) is 39.0 Å². The first-order valence-corrected chi connectivity index (χ1v) is 18.2. The summed E-state index contributed by atoms with van der Waals surface area (Å²) < 4.78 is 81.0. The molecule has 0 spiro atoms. The molecular formula is C20H22F2N10O9P2S2. The highest BCUT2D eigenvalue weighted by atomic mass is 32.7. The number of rotatable bonds is 2. The van der Waals surface area contributed by atoms with Crippen LogP contribution in [0.3, 0.4) is 0 Å². The second kappa shape index (κ2) is 11.2. The summed E-state index contributed by atoms with van der Waals surface area (Å²) in [6, 6.07) is 0. The maximum absolute atomic E-state index is 16.0. The van der Waals surface area contributed by atoms with Gasteiger partial charge in [0.2, 0.25) is 5.95 Å². The molecule has 4 aromatic heterocycles. The average molecular weight is 711 g/mol. The number of nitrogens with two attached hydrogens (primary N) is 2. The molecule has 3 saturated heterocycles. The topological polar surface area (TPSA) is 252 Å². The molecule has 0 aliphatic carbocycles. The summed E-state index contributed by atoms with van der Waals surface area (Å²) in [7, 11) is 0. The maximum Gasteiger partial charge on any atom is 0.386 e. The van der Waals surface area contributed by atoms with Crippen LogP contribution >= 0.6 is 25.8 Å². The summed E-state index contributed by atoms with van der Waals surface area (Å²) in [5.74, 6) is -0.223. The third-order valence-electron chi connectivity index (χ3n) is 7.23. The Morgan fingerprint density at radius 3 is 2.42 bits per heavy atom. The predicted molar refractivity (Wildman–Crippen MR) is 155 cm³/mol. The van der Waals surface area contributed by atoms with Crippen LogP contribution in [-0.4, -0.2) is 93.9 Å². The Morgan fingerprint density at radius 2 is 1.64 bits per heavy atom. The van der Waals surface area contributed by atoms with E-state index >= 15 is 8.78 Å². The lowest BCUT2D eigenvalue weighted by atomic mass is 10.1. The Kier molecular flexibility index (Phi) is 7.72. The van der Waals surface area contributed by atoms with E-state index in [1.165, 1.54) is 10.9 Å². The van der Waals surface area contributed by atoms with Gasteiger partial charge in [0, 0.05) is 0 Å². The minimum atomic E-state index is -4.46. The molecule has 3 unspecified atom stereocenters. The standard InChI is InChI=1S/C20H22F2N10O9P2S2/c21-8-6-1-36-42(34,44)40-12-7(39-18(9(12)22)32-5-28-11-16(32)29-20(24)30-17(11)33)2-37-43(35,45)41-13(8)19(38-6)31-4-27-10-14(23)25-3-26-15(10)31/h3-9,12-13,18-19H,1-2H2,(H,34,44)(H,35,45)(H2,23,25,26)(H3,24,29,30,33)/t6?,7-,8-,9-,12-,13-,18-,19-,42?,43?/m1/s1. The first-order chi connectivity index (χ1) is 21.3. The largest absolute Gasteiger partial charge is 0.386 e. The number of imidazole rings is 2. The molecular weight excluding hydrogens is 688 g/mol. The summed E-state index contributed by atoms with van der Waals surface area (Å²) in [6.45, 7) is -10.2. The monoisotopic (exact) mass is 710 g/mol. The Labute approximate surface area is 259 Å². The SMILES string of the molecule is Nc1nc2c(ncn2[C@@H]2O[C@@H]3COP(O)(=S)O[C@@H]4[C@H](F)C(COP(=O)(S)O[C@H]3[C@H]2F)O[C@H]4n2cnc3c(N)ncnc32)c(=O)[nH]1. The number of hydrogen-bond acceptors (Lipinski definition) is 16. The predicted octanol–water partition coefficient (Wildman–Crippen LogP) is 0.667. The van der Waals surface area contributed by atoms with Gasteiger partial charge in [0.15, 0.2) is 47.4 Å². The summed E-state index contributed by atoms with van der Waals surface area (Å²) >= 11 is 9.12. The highest BCUT2D eigenvalue weighted by Crippen LogP contribution is 2.58. The minimum Gasteiger partial charge on any atom is -0.382 e. The molecule has 4 aromatic rings. The van der Waals surface area contributed by atoms with Crippen LogP contribution in [0, 0.1) is 0 Å². The average Bonchev–Trinajstić information content (AvgIpc) is 3.72. The summed E-state index contributed by atoms with van der Waals surface area (Å²) in [5.41, 5.74) is 10.9. The van der Waals surface area contributed by atoms with Crippen LogP contribution in [0.4, 0.5) is 20.5 Å². The fourth-order valence-electron chi connectivity index (χ4n) is 5.23. The van der Waals surface area contributed by atoms with Gasteiger partial charge in [-0.2, -0.15) is 4.98 Å². The van der Waals surface area contributed by atoms with E-state index in [4.69, 9.17) is 50.8 Å². The molecule has 3 aliphatic rings. The number of ether oxygens (including phenoxy) is 2. The van der Waals surface area contributed by atoms with Crippen LogP contribution in [0.15, 0.2) is 23.8 Å². The third kappa shape index (κ3) is 5.54. The molecule has 3 fully saturated rings. The van der Waals surface area contributed by atoms with Gasteiger partial charge >= 0.3 is 13.5 Å². The smallest absolute Gasteiger partial charge is 0.382 e. The number of thiol groups is 1. The van der Waals surface area contributed by atoms with Gasteiger partial charge in [0.25, 0.3) is 5.56 Å². The number of fused-ring (bicyclic) bond motifs is 5. The fourth-order valence-corrected chi connectivity index (χ4v) is 8.12. The summed E-state index contributed by atoms with van der Waals surface area (Å²) in [5, 5.41) is 0. The number of anilines is 2. The van der Waals surface area contributed by atoms with Gasteiger partial charge in [-0.3, -0.25) is 32.5 Å². The molecule has 0 radical (unpaired) electrons. The van der Waals surface area contributed by atoms with Gasteiger partial charge in [-0.05, 0) is 11.8 Å². The van der Waals surface area contributed by atoms with Crippen molar-refractivity contribution < 1.29 is 45.8 Å². The molecule has 3 aliphatic heterocycles. The van der Waals surface area contributed by atoms with Crippen LogP contribution in [0.25, 0.3) is 22.3 Å². The van der Waals surface area contributed by atoms with Crippen molar-refractivity contribution in [3.05, 3.63) is 29.3 Å². The minimum absolute atomic E-state index is 0.0436. The van der Waals surface area contributed by atoms with Gasteiger partial charge in [0.1, 0.15) is 36.3 Å². The van der Waals surface area contributed by atoms with Gasteiger partial charge in [-0.15, -0.1) is 0 Å². The van der Waals surface area contributed by atoms with Crippen molar-refractivity contribution in [3.8, 4) is 0 Å². The number of H-pyrrole nitrogens is 1. The van der Waals surface area contributed by atoms with Crippen molar-refractivity contribution in [2.75, 3.05) is 24.7 Å². The Balaban J connectivity index is 1.21. The number of hydrogen-bond donors (Lipinski definition) is 5. The highest BCUT2D eigenvalue weighted by Gasteiger charge is 2.54. The molecule has 19 nitrogen and oxygen atoms in total. The van der Waals surface area contributed by atoms with E-state index in [0.717, 1.165) is 17.2 Å². The summed E-state index contributed by atoms with van der Waals surface area (Å²) in [4.78, 5) is 45.6. The zero-order valence-electron chi connectivity index (χ0n) is 22.3. The van der Waals surface area contributed by atoms with Crippen molar-refractivity contribution in [3.63, 3.8) is 0 Å². The van der Waals surface area contributed by atoms with E-state index in [-0.39, 0.29) is 34.1 Å². The van der Waals surface area contributed by atoms with Crippen LogP contribution in [0.2, 0.25) is 0 Å². The fraction of sp³-hybridized carbons (Fsp3) is 0.500. The van der Waals surface area contributed by atoms with Crippen LogP contribution in [-0.2, 0) is 43.9 Å². The molecule has 10 atom stereocenters. The number of aromatic amines is 1. The number of halogens is 2. The van der Waals surface area contributed by atoms with Crippen molar-refractivity contribution in [2.45, 2.75) is 49.2 Å². The van der Waals surface area contributed by atoms with Crippen LogP contribution in [0.5, 0.6) is 0 Å². The van der Waals surface area contributed by atoms with E-state index in [9.17, 15) is 14.3 Å². The molecule has 0 saturated carbocycles. The van der Waals surface area contributed by atoms with Gasteiger partial charge in [0.05, 0.1) is 25.9 Å².